The van der Waals surface area contributed by atoms with E-state index in [1.54, 1.807) is 24.3 Å². The number of carbonyl (C=O) groups is 5. The predicted molar refractivity (Wildman–Crippen MR) is 239 cm³/mol. The molecular formula is C45H57ClF5N5O18. The number of aromatic nitrogens is 3. The number of aliphatic hydroxyl groups is 3. The van der Waals surface area contributed by atoms with Gasteiger partial charge in [-0.3, -0.25) is 19.2 Å². The van der Waals surface area contributed by atoms with Crippen LogP contribution in [-0.2, 0) is 76.7 Å². The first-order valence-electron chi connectivity index (χ1n) is 22.9. The summed E-state index contributed by atoms with van der Waals surface area (Å²) in [7, 11) is 0. The fourth-order valence-electron chi connectivity index (χ4n) is 6.91. The topological polar surface area (TPSA) is 315 Å². The average molecular weight is 1090 g/mol. The van der Waals surface area contributed by atoms with Crippen LogP contribution in [0, 0.1) is 29.1 Å². The Bertz CT molecular complexity index is 2260. The van der Waals surface area contributed by atoms with Crippen molar-refractivity contribution >= 4 is 41.3 Å². The second-order valence-corrected chi connectivity index (χ2v) is 16.6. The molecule has 1 aliphatic heterocycles. The number of carboxylic acid groups (broad SMARTS) is 2. The first-order valence-corrected chi connectivity index (χ1v) is 23.3. The molecule has 0 unspecified atom stereocenters. The summed E-state index contributed by atoms with van der Waals surface area (Å²) in [6.07, 6.45) is -6.09. The van der Waals surface area contributed by atoms with E-state index in [1.807, 2.05) is 0 Å². The molecule has 6 atom stereocenters. The maximum absolute atomic E-state index is 13.7. The fourth-order valence-corrected chi connectivity index (χ4v) is 7.04. The van der Waals surface area contributed by atoms with E-state index in [4.69, 9.17) is 49.9 Å². The van der Waals surface area contributed by atoms with Gasteiger partial charge in [-0.05, 0) is 30.5 Å². The summed E-state index contributed by atoms with van der Waals surface area (Å²) in [5.41, 5.74) is 0.822. The van der Waals surface area contributed by atoms with Gasteiger partial charge in [0.1, 0.15) is 24.5 Å². The zero-order chi connectivity index (χ0) is 54.2. The monoisotopic (exact) mass is 1090 g/mol. The van der Waals surface area contributed by atoms with Gasteiger partial charge in [-0.1, -0.05) is 35.4 Å². The van der Waals surface area contributed by atoms with E-state index in [-0.39, 0.29) is 104 Å². The van der Waals surface area contributed by atoms with Crippen molar-refractivity contribution in [3.05, 3.63) is 75.8 Å². The van der Waals surface area contributed by atoms with Crippen LogP contribution in [0.1, 0.15) is 49.8 Å². The summed E-state index contributed by atoms with van der Waals surface area (Å²) in [6.45, 7) is -1.41. The van der Waals surface area contributed by atoms with Crippen LogP contribution in [0.5, 0.6) is 5.75 Å². The molecule has 2 aromatic carbocycles. The highest BCUT2D eigenvalue weighted by Gasteiger charge is 2.56. The number of hydrogen-bond acceptors (Lipinski definition) is 18. The maximum Gasteiger partial charge on any atom is 0.364 e. The molecule has 29 heteroatoms. The van der Waals surface area contributed by atoms with Gasteiger partial charge in [0.15, 0.2) is 0 Å². The molecule has 23 nitrogen and oxygen atoms in total. The van der Waals surface area contributed by atoms with Crippen LogP contribution in [0.25, 0.3) is 0 Å². The molecule has 2 heterocycles. The maximum atomic E-state index is 13.7. The Kier molecular flexibility index (Phi) is 25.9. The van der Waals surface area contributed by atoms with Crippen LogP contribution in [0.2, 0.25) is 5.02 Å². The van der Waals surface area contributed by atoms with Gasteiger partial charge in [0.25, 0.3) is 5.79 Å². The Morgan fingerprint density at radius 3 is 2.01 bits per heavy atom. The highest BCUT2D eigenvalue weighted by Crippen LogP contribution is 2.36. The Labute approximate surface area is 424 Å². The number of nitrogens with zero attached hydrogens (tertiary/aromatic N) is 3. The van der Waals surface area contributed by atoms with E-state index >= 15 is 0 Å². The second kappa shape index (κ2) is 31.4. The van der Waals surface area contributed by atoms with Crippen molar-refractivity contribution in [3.8, 4) is 5.75 Å². The van der Waals surface area contributed by atoms with Gasteiger partial charge in [0.05, 0.1) is 110 Å². The molecule has 0 spiro atoms. The molecule has 1 saturated heterocycles. The summed E-state index contributed by atoms with van der Waals surface area (Å²) in [5, 5.41) is 65.3. The number of halogens is 6. The number of hydrogen-bond donors (Lipinski definition) is 7. The van der Waals surface area contributed by atoms with Gasteiger partial charge in [-0.15, -0.1) is 5.10 Å². The van der Waals surface area contributed by atoms with Crippen molar-refractivity contribution in [2.45, 2.75) is 94.3 Å². The predicted octanol–water partition coefficient (Wildman–Crippen LogP) is 1.36. The lowest BCUT2D eigenvalue weighted by Crippen LogP contribution is -2.68. The number of ether oxygens (including phenoxy) is 8. The number of carbonyl (C=O) groups excluding carboxylic acids is 3. The number of amides is 2. The first-order chi connectivity index (χ1) is 35.3. The second-order valence-electron chi connectivity index (χ2n) is 16.2. The molecule has 2 amide bonds. The van der Waals surface area contributed by atoms with E-state index in [9.17, 15) is 66.4 Å². The van der Waals surface area contributed by atoms with Gasteiger partial charge in [0.2, 0.25) is 46.6 Å². The SMILES string of the molecule is O=C(O)CCCCCO[C@]1(C(=O)O)C[C@H](OCc2cn(CCOCCOCCOCCOCCC(=O)Oc3c(F)c(F)c(F)c(F)c3F)nn2)[C@@H](NC(=O)CO)[C@H]([C@H](O)[C@H](O)CNC(=O)Cc2ccc(Cl)cc2)O1. The number of unbranched alkanes of at least 4 members (excludes halogenated alkanes) is 2. The molecule has 0 radical (unpaired) electrons. The number of rotatable bonds is 35. The highest BCUT2D eigenvalue weighted by atomic mass is 35.5. The first kappa shape index (κ1) is 61.0. The Hall–Kier alpha value is -5.53. The van der Waals surface area contributed by atoms with E-state index in [0.29, 0.717) is 17.0 Å². The molecule has 412 valence electrons. The van der Waals surface area contributed by atoms with E-state index in [1.165, 1.54) is 10.9 Å². The van der Waals surface area contributed by atoms with Crippen LogP contribution in [0.4, 0.5) is 22.0 Å². The van der Waals surface area contributed by atoms with Crippen molar-refractivity contribution in [3.63, 3.8) is 0 Å². The van der Waals surface area contributed by atoms with Crippen LogP contribution < -0.4 is 15.4 Å². The third-order valence-electron chi connectivity index (χ3n) is 10.7. The molecule has 74 heavy (non-hydrogen) atoms. The molecule has 0 aliphatic carbocycles. The van der Waals surface area contributed by atoms with E-state index in [2.05, 4.69) is 25.7 Å². The lowest BCUT2D eigenvalue weighted by molar-refractivity contribution is -0.314. The van der Waals surface area contributed by atoms with Gasteiger partial charge < -0.3 is 74.1 Å². The van der Waals surface area contributed by atoms with Crippen molar-refractivity contribution in [1.29, 1.82) is 0 Å². The molecule has 1 aromatic heterocycles. The molecule has 0 saturated carbocycles. The summed E-state index contributed by atoms with van der Waals surface area (Å²) in [4.78, 5) is 61.1. The number of nitrogens with one attached hydrogen (secondary N) is 2. The minimum Gasteiger partial charge on any atom is -0.481 e. The molecule has 3 aromatic rings. The molecule has 7 N–H and O–H groups in total. The third kappa shape index (κ3) is 19.6. The molecule has 4 rings (SSSR count). The average Bonchev–Trinajstić information content (AvgIpc) is 3.84. The Morgan fingerprint density at radius 2 is 1.41 bits per heavy atom. The minimum absolute atomic E-state index is 0.0131. The zero-order valence-corrected chi connectivity index (χ0v) is 40.3. The fraction of sp³-hybridized carbons (Fsp3) is 0.578. The quantitative estimate of drug-likeness (QED) is 0.0109. The molecule has 1 fully saturated rings. The lowest BCUT2D eigenvalue weighted by Gasteiger charge is -2.47. The van der Waals surface area contributed by atoms with E-state index < -0.39 is 127 Å². The number of benzene rings is 2. The smallest absolute Gasteiger partial charge is 0.364 e. The van der Waals surface area contributed by atoms with Gasteiger partial charge in [-0.25, -0.2) is 22.6 Å². The van der Waals surface area contributed by atoms with Crippen LogP contribution in [0.3, 0.4) is 0 Å². The summed E-state index contributed by atoms with van der Waals surface area (Å²) < 4.78 is 112. The van der Waals surface area contributed by atoms with Crippen molar-refractivity contribution in [2.24, 2.45) is 0 Å². The van der Waals surface area contributed by atoms with Crippen LogP contribution in [0.15, 0.2) is 30.5 Å². The van der Waals surface area contributed by atoms with Crippen LogP contribution >= 0.6 is 11.6 Å². The number of esters is 1. The normalized spacial score (nSPS) is 18.4. The highest BCUT2D eigenvalue weighted by molar-refractivity contribution is 6.30. The summed E-state index contributed by atoms with van der Waals surface area (Å²) in [6, 6.07) is 4.97. The van der Waals surface area contributed by atoms with Crippen molar-refractivity contribution in [1.82, 2.24) is 25.6 Å². The number of aliphatic hydroxyl groups excluding tert-OH is 3. The largest absolute Gasteiger partial charge is 0.481 e. The summed E-state index contributed by atoms with van der Waals surface area (Å²) >= 11 is 5.91. The van der Waals surface area contributed by atoms with Gasteiger partial charge >= 0.3 is 17.9 Å². The lowest BCUT2D eigenvalue weighted by atomic mass is 9.88. The Morgan fingerprint density at radius 1 is 0.797 bits per heavy atom. The van der Waals surface area contributed by atoms with E-state index in [0.717, 1.165) is 0 Å². The number of aliphatic carboxylic acids is 2. The van der Waals surface area contributed by atoms with Gasteiger partial charge in [0, 0.05) is 24.4 Å². The Balaban J connectivity index is 1.23. The van der Waals surface area contributed by atoms with Crippen molar-refractivity contribution < 1.29 is 109 Å². The summed E-state index contributed by atoms with van der Waals surface area (Å²) in [5.74, 6) is -21.2. The standard InChI is InChI=1S/C45H57ClF5N5O18/c46-27-7-5-26(6-8-27)20-31(59)52-22-29(58)41(64)43-40(53-32(60)24-57)30(21-45(74-43,44(65)66)72-11-3-1-2-4-33(61)62)71-25-28-23-56(55-54-28)10-13-68-15-17-70-19-18-69-16-14-67-12-9-34(63)73-42-38(50)36(48)35(47)37(49)39(42)51/h5-8,23,29-30,40-41,43,57-58,64H,1-4,9-22,24-25H2,(H,52,59)(H,53,60)(H,61,62)(H,65,66)/t29-,30+,40-,41-,43-,45-/m1/s1. The zero-order valence-electron chi connectivity index (χ0n) is 39.6. The van der Waals surface area contributed by atoms with Crippen LogP contribution in [-0.4, -0.2) is 179 Å². The third-order valence-corrected chi connectivity index (χ3v) is 10.9. The molecule has 1 aliphatic rings. The van der Waals surface area contributed by atoms with Gasteiger partial charge in [-0.2, -0.15) is 8.78 Å². The molecular weight excluding hydrogens is 1030 g/mol. The number of carboxylic acids is 2. The minimum atomic E-state index is -2.55. The molecule has 0 bridgehead atoms. The van der Waals surface area contributed by atoms with Crippen molar-refractivity contribution in [2.75, 3.05) is 72.6 Å².